The van der Waals surface area contributed by atoms with Crippen molar-refractivity contribution >= 4 is 23.4 Å². The Kier molecular flexibility index (Phi) is 9.84. The van der Waals surface area contributed by atoms with Crippen LogP contribution in [0.2, 0.25) is 0 Å². The van der Waals surface area contributed by atoms with Crippen LogP contribution in [0.1, 0.15) is 51.0 Å². The van der Waals surface area contributed by atoms with Crippen LogP contribution >= 0.6 is 0 Å². The maximum atomic E-state index is 12.5. The van der Waals surface area contributed by atoms with Crippen molar-refractivity contribution in [2.75, 3.05) is 17.7 Å². The number of rotatable bonds is 8. The third kappa shape index (κ3) is 8.55. The molecule has 0 aliphatic heterocycles. The second-order valence-electron chi connectivity index (χ2n) is 7.80. The Hall–Kier alpha value is -3.43. The molecule has 10 heteroatoms. The van der Waals surface area contributed by atoms with Gasteiger partial charge in [-0.1, -0.05) is 38.5 Å². The lowest BCUT2D eigenvalue weighted by molar-refractivity contribution is -0.138. The largest absolute Gasteiger partial charge is 0.481 e. The van der Waals surface area contributed by atoms with Gasteiger partial charge in [-0.05, 0) is 42.4 Å². The second kappa shape index (κ2) is 12.6. The number of ether oxygens (including phenoxy) is 2. The molecule has 8 nitrogen and oxygen atoms in total. The average Bonchev–Trinajstić information content (AvgIpc) is 2.72. The van der Waals surface area contributed by atoms with E-state index in [0.29, 0.717) is 18.0 Å². The van der Waals surface area contributed by atoms with E-state index < -0.39 is 24.5 Å². The molecule has 1 saturated carbocycles. The van der Waals surface area contributed by atoms with Crippen molar-refractivity contribution in [1.82, 2.24) is 4.98 Å². The number of urea groups is 1. The van der Waals surface area contributed by atoms with Gasteiger partial charge < -0.3 is 25.2 Å². The minimum absolute atomic E-state index is 0.000582. The van der Waals surface area contributed by atoms with Crippen LogP contribution < -0.4 is 20.1 Å². The van der Waals surface area contributed by atoms with E-state index in [-0.39, 0.29) is 17.5 Å². The first kappa shape index (κ1) is 25.8. The van der Waals surface area contributed by atoms with E-state index in [1.54, 1.807) is 12.1 Å². The molecule has 3 rings (SSSR count). The number of pyridine rings is 1. The number of carbonyl (C=O) groups excluding carboxylic acids is 1. The number of nitrogens with zero attached hydrogens (tertiary/aromatic N) is 1. The summed E-state index contributed by atoms with van der Waals surface area (Å²) < 4.78 is 34.3. The first-order valence-electron chi connectivity index (χ1n) is 10.6. The van der Waals surface area contributed by atoms with Crippen LogP contribution in [0.3, 0.4) is 0 Å². The zero-order valence-electron chi connectivity index (χ0n) is 18.8. The van der Waals surface area contributed by atoms with Gasteiger partial charge in [-0.3, -0.25) is 4.79 Å². The van der Waals surface area contributed by atoms with Crippen molar-refractivity contribution in [2.24, 2.45) is 5.92 Å². The molecule has 0 saturated heterocycles. The van der Waals surface area contributed by atoms with Crippen LogP contribution in [-0.2, 0) is 4.79 Å². The third-order valence-corrected chi connectivity index (χ3v) is 5.01. The van der Waals surface area contributed by atoms with Gasteiger partial charge in [0, 0.05) is 18.2 Å². The maximum absolute atomic E-state index is 12.5. The van der Waals surface area contributed by atoms with E-state index in [4.69, 9.17) is 9.84 Å². The summed E-state index contributed by atoms with van der Waals surface area (Å²) in [6.07, 6.45) is 3.89. The van der Waals surface area contributed by atoms with Gasteiger partial charge in [-0.25, -0.2) is 4.79 Å². The molecule has 33 heavy (non-hydrogen) atoms. The summed E-state index contributed by atoms with van der Waals surface area (Å²) >= 11 is 0. The van der Waals surface area contributed by atoms with Crippen LogP contribution in [0.15, 0.2) is 36.4 Å². The minimum atomic E-state index is -3.08. The average molecular weight is 465 g/mol. The Bertz CT molecular complexity index is 936. The lowest BCUT2D eigenvalue weighted by atomic mass is 9.83. The maximum Gasteiger partial charge on any atom is 0.388 e. The van der Waals surface area contributed by atoms with Crippen molar-refractivity contribution in [1.29, 1.82) is 0 Å². The van der Waals surface area contributed by atoms with E-state index in [1.807, 2.05) is 26.0 Å². The first-order chi connectivity index (χ1) is 15.7. The zero-order valence-corrected chi connectivity index (χ0v) is 18.8. The Morgan fingerprint density at radius 1 is 1.12 bits per heavy atom. The van der Waals surface area contributed by atoms with Gasteiger partial charge in [0.15, 0.2) is 0 Å². The Labute approximate surface area is 191 Å². The van der Waals surface area contributed by atoms with E-state index >= 15 is 0 Å². The van der Waals surface area contributed by atoms with Gasteiger partial charge in [0.1, 0.15) is 5.69 Å². The number of hydrogen-bond donors (Lipinski definition) is 3. The lowest BCUT2D eigenvalue weighted by Gasteiger charge is -2.22. The number of alkyl halides is 2. The molecule has 0 radical (unpaired) electrons. The molecule has 1 aromatic heterocycles. The normalized spacial score (nSPS) is 12.9. The Balaban J connectivity index is 0.000000405. The summed E-state index contributed by atoms with van der Waals surface area (Å²) in [5, 5.41) is 13.4. The van der Waals surface area contributed by atoms with Gasteiger partial charge in [0.2, 0.25) is 11.8 Å². The van der Waals surface area contributed by atoms with Crippen molar-refractivity contribution in [3.8, 4) is 11.8 Å². The van der Waals surface area contributed by atoms with Crippen LogP contribution in [0.4, 0.5) is 25.0 Å². The monoisotopic (exact) mass is 465 g/mol. The topological polar surface area (TPSA) is 110 Å². The number of carbonyl (C=O) groups is 2. The van der Waals surface area contributed by atoms with Crippen molar-refractivity contribution in [3.63, 3.8) is 0 Å². The molecule has 2 aromatic rings. The molecule has 1 aliphatic carbocycles. The molecule has 3 N–H and O–H groups in total. The highest BCUT2D eigenvalue weighted by Crippen LogP contribution is 2.29. The fourth-order valence-corrected chi connectivity index (χ4v) is 3.14. The molecular formula is C23H29F2N3O5. The number of methoxy groups -OCH3 is 1. The summed E-state index contributed by atoms with van der Waals surface area (Å²) in [6, 6.07) is 9.53. The highest BCUT2D eigenvalue weighted by atomic mass is 19.3. The molecule has 180 valence electrons. The molecular weight excluding hydrogens is 436 g/mol. The molecule has 0 unspecified atom stereocenters. The number of nitrogens with one attached hydrogen (secondary N) is 2. The number of amides is 2. The second-order valence-corrected chi connectivity index (χ2v) is 7.80. The molecule has 1 aliphatic rings. The van der Waals surface area contributed by atoms with Crippen LogP contribution in [0, 0.1) is 5.92 Å². The highest BCUT2D eigenvalue weighted by Gasteiger charge is 2.19. The SMILES string of the molecule is COc1ccc(NC(=O)Nc2ccccc2C(C)C)c(OC(F)F)n1.O=C(O)CC1CCC1. The van der Waals surface area contributed by atoms with Gasteiger partial charge in [-0.2, -0.15) is 13.8 Å². The van der Waals surface area contributed by atoms with Gasteiger partial charge >= 0.3 is 18.6 Å². The number of halogens is 2. The van der Waals surface area contributed by atoms with Gasteiger partial charge in [0.25, 0.3) is 0 Å². The van der Waals surface area contributed by atoms with Crippen LogP contribution in [-0.4, -0.2) is 35.8 Å². The molecule has 1 fully saturated rings. The lowest BCUT2D eigenvalue weighted by Crippen LogP contribution is -2.21. The molecule has 0 atom stereocenters. The number of carboxylic acid groups (broad SMARTS) is 1. The molecule has 1 heterocycles. The quantitative estimate of drug-likeness (QED) is 0.460. The first-order valence-corrected chi connectivity index (χ1v) is 10.6. The Morgan fingerprint density at radius 2 is 1.79 bits per heavy atom. The number of carboxylic acids is 1. The standard InChI is InChI=1S/C17H19F2N3O3.C6H10O2/c1-10(2)11-6-4-5-7-12(11)20-17(23)21-13-8-9-14(24-3)22-15(13)25-16(18)19;7-6(8)4-5-2-1-3-5/h4-10,16H,1-3H3,(H2,20,21,23);5H,1-4H2,(H,7,8). The predicted octanol–water partition coefficient (Wildman–Crippen LogP) is 5.72. The smallest absolute Gasteiger partial charge is 0.388 e. The Morgan fingerprint density at radius 3 is 2.30 bits per heavy atom. The predicted molar refractivity (Wildman–Crippen MR) is 120 cm³/mol. The van der Waals surface area contributed by atoms with E-state index in [9.17, 15) is 18.4 Å². The van der Waals surface area contributed by atoms with Crippen LogP contribution in [0.25, 0.3) is 0 Å². The molecule has 0 spiro atoms. The third-order valence-electron chi connectivity index (χ3n) is 5.01. The summed E-state index contributed by atoms with van der Waals surface area (Å²) in [5.41, 5.74) is 1.59. The van der Waals surface area contributed by atoms with Crippen molar-refractivity contribution in [3.05, 3.63) is 42.0 Å². The number of anilines is 2. The number of hydrogen-bond acceptors (Lipinski definition) is 5. The van der Waals surface area contributed by atoms with Crippen molar-refractivity contribution in [2.45, 2.75) is 52.1 Å². The van der Waals surface area contributed by atoms with E-state index in [1.165, 1.54) is 25.7 Å². The molecule has 0 bridgehead atoms. The summed E-state index contributed by atoms with van der Waals surface area (Å²) in [5.74, 6) is -0.271. The summed E-state index contributed by atoms with van der Waals surface area (Å²) in [6.45, 7) is 0.922. The number of aromatic nitrogens is 1. The molecule has 1 aromatic carbocycles. The number of aliphatic carboxylic acids is 1. The zero-order chi connectivity index (χ0) is 24.4. The number of benzene rings is 1. The van der Waals surface area contributed by atoms with Crippen LogP contribution in [0.5, 0.6) is 11.8 Å². The van der Waals surface area contributed by atoms with Gasteiger partial charge in [0.05, 0.1) is 7.11 Å². The summed E-state index contributed by atoms with van der Waals surface area (Å²) in [4.78, 5) is 26.0. The highest BCUT2D eigenvalue weighted by molar-refractivity contribution is 6.01. The van der Waals surface area contributed by atoms with E-state index in [0.717, 1.165) is 18.4 Å². The van der Waals surface area contributed by atoms with Crippen molar-refractivity contribution < 1.29 is 33.0 Å². The fourth-order valence-electron chi connectivity index (χ4n) is 3.14. The molecule has 2 amide bonds. The number of para-hydroxylation sites is 1. The van der Waals surface area contributed by atoms with E-state index in [2.05, 4.69) is 20.4 Å². The fraction of sp³-hybridized carbons (Fsp3) is 0.435. The minimum Gasteiger partial charge on any atom is -0.481 e. The van der Waals surface area contributed by atoms with Gasteiger partial charge in [-0.15, -0.1) is 0 Å². The summed E-state index contributed by atoms with van der Waals surface area (Å²) in [7, 11) is 1.34.